The first kappa shape index (κ1) is 20.8. The Balaban J connectivity index is 1.71. The lowest BCUT2D eigenvalue weighted by Gasteiger charge is -2.30. The number of anilines is 2. The largest absolute Gasteiger partial charge is 0.438 e. The monoisotopic (exact) mass is 456 g/mol. The molecule has 0 aliphatic carbocycles. The van der Waals surface area contributed by atoms with E-state index in [2.05, 4.69) is 20.2 Å². The molecular formula is C18H13ClF4N6O2. The molecule has 4 rings (SSSR count). The number of aromatic amines is 1. The second-order valence-corrected chi connectivity index (χ2v) is 7.00. The van der Waals surface area contributed by atoms with Gasteiger partial charge in [-0.25, -0.2) is 14.5 Å². The molecule has 0 radical (unpaired) electrons. The molecule has 0 fully saturated rings. The zero-order chi connectivity index (χ0) is 22.3. The molecular weight excluding hydrogens is 444 g/mol. The summed E-state index contributed by atoms with van der Waals surface area (Å²) >= 11 is 6.05. The summed E-state index contributed by atoms with van der Waals surface area (Å²) in [6, 6.07) is 2.07. The lowest BCUT2D eigenvalue weighted by Crippen LogP contribution is -2.33. The van der Waals surface area contributed by atoms with Crippen molar-refractivity contribution in [3.63, 3.8) is 0 Å². The third-order valence-corrected chi connectivity index (χ3v) is 4.98. The quantitative estimate of drug-likeness (QED) is 0.582. The number of hydrogen-bond donors (Lipinski definition) is 2. The number of nitrogens with zero attached hydrogens (tertiary/aromatic N) is 4. The molecule has 162 valence electrons. The first-order valence-electron chi connectivity index (χ1n) is 8.81. The smallest absolute Gasteiger partial charge is 0.420 e. The number of benzene rings is 1. The number of rotatable bonds is 3. The Hall–Kier alpha value is -3.41. The first-order valence-corrected chi connectivity index (χ1v) is 9.19. The van der Waals surface area contributed by atoms with Crippen LogP contribution in [0.25, 0.3) is 0 Å². The molecule has 1 aliphatic heterocycles. The van der Waals surface area contributed by atoms with Gasteiger partial charge in [-0.3, -0.25) is 4.79 Å². The molecule has 0 spiro atoms. The van der Waals surface area contributed by atoms with Crippen molar-refractivity contribution in [3.8, 4) is 11.6 Å². The van der Waals surface area contributed by atoms with Crippen molar-refractivity contribution >= 4 is 23.2 Å². The third kappa shape index (κ3) is 4.10. The Bertz CT molecular complexity index is 1220. The van der Waals surface area contributed by atoms with Gasteiger partial charge in [0.2, 0.25) is 11.8 Å². The summed E-state index contributed by atoms with van der Waals surface area (Å²) in [4.78, 5) is 21.5. The molecule has 1 aromatic carbocycles. The van der Waals surface area contributed by atoms with Crippen molar-refractivity contribution in [2.45, 2.75) is 19.1 Å². The van der Waals surface area contributed by atoms with Crippen LogP contribution in [0.4, 0.5) is 29.2 Å². The summed E-state index contributed by atoms with van der Waals surface area (Å²) in [5.41, 5.74) is 5.08. The maximum absolute atomic E-state index is 13.4. The Morgan fingerprint density at radius 3 is 2.77 bits per heavy atom. The van der Waals surface area contributed by atoms with Gasteiger partial charge >= 0.3 is 6.18 Å². The van der Waals surface area contributed by atoms with Gasteiger partial charge < -0.3 is 15.4 Å². The van der Waals surface area contributed by atoms with Crippen LogP contribution in [-0.2, 0) is 19.1 Å². The predicted molar refractivity (Wildman–Crippen MR) is 103 cm³/mol. The van der Waals surface area contributed by atoms with Crippen LogP contribution in [0, 0.1) is 5.82 Å². The molecule has 3 heterocycles. The van der Waals surface area contributed by atoms with Gasteiger partial charge in [0.05, 0.1) is 24.1 Å². The van der Waals surface area contributed by atoms with Crippen molar-refractivity contribution in [1.29, 1.82) is 0 Å². The SMILES string of the molecule is Nc1nc2c(c(Oc3ccc(F)cc3C(F)(F)F)n1)CCN(c1cn[nH]c(=O)c1Cl)C2. The van der Waals surface area contributed by atoms with Crippen LogP contribution in [-0.4, -0.2) is 26.7 Å². The van der Waals surface area contributed by atoms with E-state index >= 15 is 0 Å². The summed E-state index contributed by atoms with van der Waals surface area (Å²) in [5, 5.41) is 5.88. The maximum Gasteiger partial charge on any atom is 0.420 e. The van der Waals surface area contributed by atoms with Gasteiger partial charge in [0.15, 0.2) is 0 Å². The molecule has 0 unspecified atom stereocenters. The summed E-state index contributed by atoms with van der Waals surface area (Å²) in [6.07, 6.45) is -3.20. The zero-order valence-electron chi connectivity index (χ0n) is 15.5. The van der Waals surface area contributed by atoms with E-state index in [0.717, 1.165) is 12.1 Å². The van der Waals surface area contributed by atoms with E-state index in [1.807, 2.05) is 0 Å². The number of ether oxygens (including phenoxy) is 1. The van der Waals surface area contributed by atoms with Crippen molar-refractivity contribution in [3.05, 3.63) is 62.4 Å². The number of alkyl halides is 3. The Morgan fingerprint density at radius 2 is 2.03 bits per heavy atom. The Kier molecular flexibility index (Phi) is 5.17. The van der Waals surface area contributed by atoms with E-state index in [1.165, 1.54) is 6.20 Å². The minimum atomic E-state index is -4.84. The Labute approximate surface area is 176 Å². The van der Waals surface area contributed by atoms with Crippen LogP contribution in [0.2, 0.25) is 5.02 Å². The van der Waals surface area contributed by atoms with E-state index in [1.54, 1.807) is 4.90 Å². The highest BCUT2D eigenvalue weighted by molar-refractivity contribution is 6.33. The fourth-order valence-electron chi connectivity index (χ4n) is 3.22. The van der Waals surface area contributed by atoms with Crippen molar-refractivity contribution in [1.82, 2.24) is 20.2 Å². The average Bonchev–Trinajstić information content (AvgIpc) is 2.70. The van der Waals surface area contributed by atoms with Crippen LogP contribution < -0.4 is 20.9 Å². The van der Waals surface area contributed by atoms with Gasteiger partial charge in [-0.1, -0.05) is 11.6 Å². The van der Waals surface area contributed by atoms with Crippen LogP contribution in [0.5, 0.6) is 11.6 Å². The number of aromatic nitrogens is 4. The highest BCUT2D eigenvalue weighted by Crippen LogP contribution is 2.40. The first-order chi connectivity index (χ1) is 14.6. The maximum atomic E-state index is 13.4. The summed E-state index contributed by atoms with van der Waals surface area (Å²) in [6.45, 7) is 0.468. The molecule has 0 bridgehead atoms. The van der Waals surface area contributed by atoms with Crippen LogP contribution >= 0.6 is 11.6 Å². The fourth-order valence-corrected chi connectivity index (χ4v) is 3.43. The van der Waals surface area contributed by atoms with Gasteiger partial charge in [-0.05, 0) is 24.6 Å². The minimum Gasteiger partial charge on any atom is -0.438 e. The topological polar surface area (TPSA) is 110 Å². The van der Waals surface area contributed by atoms with E-state index in [9.17, 15) is 22.4 Å². The third-order valence-electron chi connectivity index (χ3n) is 4.62. The predicted octanol–water partition coefficient (Wildman–Crippen LogP) is 3.31. The van der Waals surface area contributed by atoms with E-state index in [-0.39, 0.29) is 29.8 Å². The molecule has 13 heteroatoms. The molecule has 1 aliphatic rings. The average molecular weight is 457 g/mol. The van der Waals surface area contributed by atoms with Crippen molar-refractivity contribution < 1.29 is 22.3 Å². The van der Waals surface area contributed by atoms with Crippen molar-refractivity contribution in [2.24, 2.45) is 0 Å². The second kappa shape index (κ2) is 7.69. The molecule has 0 saturated carbocycles. The lowest BCUT2D eigenvalue weighted by atomic mass is 10.1. The number of hydrogen-bond acceptors (Lipinski definition) is 7. The molecule has 2 aromatic heterocycles. The number of nitrogens with two attached hydrogens (primary N) is 1. The molecule has 31 heavy (non-hydrogen) atoms. The second-order valence-electron chi connectivity index (χ2n) is 6.62. The van der Waals surface area contributed by atoms with Crippen LogP contribution in [0.1, 0.15) is 16.8 Å². The lowest BCUT2D eigenvalue weighted by molar-refractivity contribution is -0.138. The number of nitrogen functional groups attached to an aromatic ring is 1. The van der Waals surface area contributed by atoms with E-state index in [4.69, 9.17) is 22.1 Å². The molecule has 0 saturated heterocycles. The minimum absolute atomic E-state index is 0.0573. The number of nitrogens with one attached hydrogen (secondary N) is 1. The highest BCUT2D eigenvalue weighted by Gasteiger charge is 2.36. The van der Waals surface area contributed by atoms with E-state index < -0.39 is 28.9 Å². The molecule has 8 nitrogen and oxygen atoms in total. The molecule has 3 aromatic rings. The van der Waals surface area contributed by atoms with Crippen LogP contribution in [0.15, 0.2) is 29.2 Å². The van der Waals surface area contributed by atoms with Gasteiger partial charge in [-0.15, -0.1) is 0 Å². The van der Waals surface area contributed by atoms with Crippen molar-refractivity contribution in [2.75, 3.05) is 17.2 Å². The normalized spacial score (nSPS) is 13.8. The highest BCUT2D eigenvalue weighted by atomic mass is 35.5. The van der Waals surface area contributed by atoms with E-state index in [0.29, 0.717) is 29.6 Å². The number of halogens is 5. The Morgan fingerprint density at radius 1 is 1.26 bits per heavy atom. The molecule has 3 N–H and O–H groups in total. The molecule has 0 amide bonds. The fraction of sp³-hybridized carbons (Fsp3) is 0.222. The summed E-state index contributed by atoms with van der Waals surface area (Å²) in [7, 11) is 0. The number of fused-ring (bicyclic) bond motifs is 1. The van der Waals surface area contributed by atoms with Gasteiger partial charge in [0.25, 0.3) is 5.56 Å². The van der Waals surface area contributed by atoms with Gasteiger partial charge in [0, 0.05) is 12.1 Å². The summed E-state index contributed by atoms with van der Waals surface area (Å²) in [5.74, 6) is -2.04. The standard InChI is InChI=1S/C18H13ClF4N6O2/c19-14-12(6-25-28-15(14)30)29-4-3-9-11(7-29)26-17(24)27-16(9)31-13-2-1-8(20)5-10(13)18(21,22)23/h1-2,5-6H,3-4,7H2,(H,28,30)(H2,24,26,27). The molecule has 0 atom stereocenters. The van der Waals surface area contributed by atoms with Gasteiger partial charge in [0.1, 0.15) is 22.2 Å². The number of H-pyrrole nitrogens is 1. The summed E-state index contributed by atoms with van der Waals surface area (Å²) < 4.78 is 58.7. The zero-order valence-corrected chi connectivity index (χ0v) is 16.3. The van der Waals surface area contributed by atoms with Gasteiger partial charge in [-0.2, -0.15) is 23.3 Å². The van der Waals surface area contributed by atoms with Crippen LogP contribution in [0.3, 0.4) is 0 Å².